The van der Waals surface area contributed by atoms with Crippen LogP contribution < -0.4 is 0 Å². The molecule has 1 aliphatic rings. The zero-order valence-corrected chi connectivity index (χ0v) is 9.29. The van der Waals surface area contributed by atoms with Gasteiger partial charge in [-0.15, -0.1) is 0 Å². The minimum absolute atomic E-state index is 0.229. The first-order valence-electron chi connectivity index (χ1n) is 5.05. The predicted octanol–water partition coefficient (Wildman–Crippen LogP) is 3.21. The highest BCUT2D eigenvalue weighted by Crippen LogP contribution is 2.34. The molecule has 0 N–H and O–H groups in total. The predicted molar refractivity (Wildman–Crippen MR) is 62.5 cm³/mol. The topological polar surface area (TPSA) is 34.1 Å². The Kier molecular flexibility index (Phi) is 2.07. The maximum Gasteiger partial charge on any atom is 0.225 e. The van der Waals surface area contributed by atoms with E-state index in [0.29, 0.717) is 15.8 Å². The molecular formula is C13H6ClFO2. The van der Waals surface area contributed by atoms with Crippen LogP contribution in [0.25, 0.3) is 10.8 Å². The third kappa shape index (κ3) is 1.26. The van der Waals surface area contributed by atoms with Gasteiger partial charge in [-0.05, 0) is 12.1 Å². The van der Waals surface area contributed by atoms with E-state index in [4.69, 9.17) is 11.6 Å². The van der Waals surface area contributed by atoms with Crippen molar-refractivity contribution in [1.29, 1.82) is 0 Å². The van der Waals surface area contributed by atoms with Crippen molar-refractivity contribution in [2.45, 2.75) is 6.17 Å². The zero-order chi connectivity index (χ0) is 12.2. The van der Waals surface area contributed by atoms with E-state index >= 15 is 0 Å². The van der Waals surface area contributed by atoms with Crippen molar-refractivity contribution >= 4 is 33.9 Å². The van der Waals surface area contributed by atoms with Crippen molar-refractivity contribution in [1.82, 2.24) is 0 Å². The molecule has 0 fully saturated rings. The number of benzene rings is 2. The summed E-state index contributed by atoms with van der Waals surface area (Å²) in [5, 5.41) is 1.52. The molecule has 1 unspecified atom stereocenters. The summed E-state index contributed by atoms with van der Waals surface area (Å²) in [6.45, 7) is 0. The molecule has 2 aromatic rings. The Balaban J connectivity index is 2.54. The first-order chi connectivity index (χ1) is 8.11. The van der Waals surface area contributed by atoms with Gasteiger partial charge < -0.3 is 0 Å². The Morgan fingerprint density at radius 1 is 1.00 bits per heavy atom. The van der Waals surface area contributed by atoms with Crippen LogP contribution in [0.5, 0.6) is 0 Å². The lowest BCUT2D eigenvalue weighted by molar-refractivity contribution is 0.0754. The van der Waals surface area contributed by atoms with Crippen molar-refractivity contribution in [2.75, 3.05) is 0 Å². The number of alkyl halides is 1. The number of Topliss-reactive ketones (excluding diaryl/α,β-unsaturated/α-hetero) is 2. The molecule has 84 valence electrons. The van der Waals surface area contributed by atoms with Gasteiger partial charge >= 0.3 is 0 Å². The number of hydrogen-bond acceptors (Lipinski definition) is 2. The van der Waals surface area contributed by atoms with Crippen LogP contribution >= 0.6 is 11.6 Å². The Morgan fingerprint density at radius 3 is 2.35 bits per heavy atom. The van der Waals surface area contributed by atoms with Crippen LogP contribution in [0.1, 0.15) is 20.7 Å². The standard InChI is InChI=1S/C13H6ClFO2/c14-9-5-4-8-10-6(9)2-1-3-7(10)12(16)11(15)13(8)17/h1-5,11H. The van der Waals surface area contributed by atoms with E-state index in [9.17, 15) is 14.0 Å². The molecular weight excluding hydrogens is 243 g/mol. The normalized spacial score (nSPS) is 18.8. The van der Waals surface area contributed by atoms with Gasteiger partial charge in [0.05, 0.1) is 0 Å². The van der Waals surface area contributed by atoms with Gasteiger partial charge in [0.15, 0.2) is 0 Å². The lowest BCUT2D eigenvalue weighted by atomic mass is 9.86. The van der Waals surface area contributed by atoms with Gasteiger partial charge in [0, 0.05) is 26.9 Å². The molecule has 2 nitrogen and oxygen atoms in total. The SMILES string of the molecule is O=C1c2cccc3c(Cl)ccc(c23)C(=O)C1F. The van der Waals surface area contributed by atoms with Crippen LogP contribution in [0, 0.1) is 0 Å². The summed E-state index contributed by atoms with van der Waals surface area (Å²) in [6.07, 6.45) is -2.09. The Hall–Kier alpha value is -1.74. The van der Waals surface area contributed by atoms with E-state index in [1.165, 1.54) is 12.1 Å². The molecule has 2 aromatic carbocycles. The minimum Gasteiger partial charge on any atom is -0.290 e. The average molecular weight is 249 g/mol. The first-order valence-corrected chi connectivity index (χ1v) is 5.43. The third-order valence-corrected chi connectivity index (χ3v) is 3.31. The third-order valence-electron chi connectivity index (χ3n) is 2.98. The number of ketones is 2. The Morgan fingerprint density at radius 2 is 1.65 bits per heavy atom. The van der Waals surface area contributed by atoms with Crippen LogP contribution in [-0.2, 0) is 0 Å². The molecule has 4 heteroatoms. The Labute approximate surface area is 101 Å². The zero-order valence-electron chi connectivity index (χ0n) is 8.54. The average Bonchev–Trinajstić information content (AvgIpc) is 2.35. The van der Waals surface area contributed by atoms with Gasteiger partial charge in [0.2, 0.25) is 17.7 Å². The number of rotatable bonds is 0. The van der Waals surface area contributed by atoms with Crippen molar-refractivity contribution in [3.05, 3.63) is 46.5 Å². The summed E-state index contributed by atoms with van der Waals surface area (Å²) in [4.78, 5) is 23.4. The highest BCUT2D eigenvalue weighted by Gasteiger charge is 2.35. The van der Waals surface area contributed by atoms with Gasteiger partial charge in [-0.3, -0.25) is 9.59 Å². The first kappa shape index (κ1) is 10.4. The summed E-state index contributed by atoms with van der Waals surface area (Å²) >= 11 is 6.00. The summed E-state index contributed by atoms with van der Waals surface area (Å²) in [6, 6.07) is 7.87. The van der Waals surface area contributed by atoms with Crippen molar-refractivity contribution in [3.63, 3.8) is 0 Å². The smallest absolute Gasteiger partial charge is 0.225 e. The molecule has 1 atom stereocenters. The van der Waals surface area contributed by atoms with Gasteiger partial charge in [-0.25, -0.2) is 4.39 Å². The van der Waals surface area contributed by atoms with E-state index in [1.54, 1.807) is 18.2 Å². The molecule has 0 saturated heterocycles. The quantitative estimate of drug-likeness (QED) is 0.671. The summed E-state index contributed by atoms with van der Waals surface area (Å²) < 4.78 is 13.5. The lowest BCUT2D eigenvalue weighted by Crippen LogP contribution is -2.30. The summed E-state index contributed by atoms with van der Waals surface area (Å²) in [7, 11) is 0. The number of hydrogen-bond donors (Lipinski definition) is 0. The monoisotopic (exact) mass is 248 g/mol. The second kappa shape index (κ2) is 3.37. The fraction of sp³-hybridized carbons (Fsp3) is 0.0769. The van der Waals surface area contributed by atoms with Crippen molar-refractivity contribution < 1.29 is 14.0 Å². The molecule has 0 aromatic heterocycles. The maximum absolute atomic E-state index is 13.5. The molecule has 0 radical (unpaired) electrons. The minimum atomic E-state index is -2.09. The Bertz CT molecular complexity index is 656. The maximum atomic E-state index is 13.5. The van der Waals surface area contributed by atoms with Gasteiger partial charge in [0.25, 0.3) is 0 Å². The van der Waals surface area contributed by atoms with Gasteiger partial charge in [-0.1, -0.05) is 29.8 Å². The molecule has 1 aliphatic carbocycles. The van der Waals surface area contributed by atoms with Crippen molar-refractivity contribution in [3.8, 4) is 0 Å². The largest absolute Gasteiger partial charge is 0.290 e. The fourth-order valence-electron chi connectivity index (χ4n) is 2.17. The van der Waals surface area contributed by atoms with E-state index in [2.05, 4.69) is 0 Å². The van der Waals surface area contributed by atoms with Gasteiger partial charge in [0.1, 0.15) is 0 Å². The van der Waals surface area contributed by atoms with E-state index in [0.717, 1.165) is 0 Å². The molecule has 0 saturated carbocycles. The second-order valence-corrected chi connectivity index (χ2v) is 4.32. The molecule has 0 amide bonds. The summed E-state index contributed by atoms with van der Waals surface area (Å²) in [5.74, 6) is -1.56. The van der Waals surface area contributed by atoms with Crippen LogP contribution in [-0.4, -0.2) is 17.7 Å². The fourth-order valence-corrected chi connectivity index (χ4v) is 2.39. The van der Waals surface area contributed by atoms with Crippen molar-refractivity contribution in [2.24, 2.45) is 0 Å². The van der Waals surface area contributed by atoms with E-state index < -0.39 is 17.7 Å². The second-order valence-electron chi connectivity index (χ2n) is 3.91. The van der Waals surface area contributed by atoms with Crippen LogP contribution in [0.4, 0.5) is 4.39 Å². The molecule has 0 spiro atoms. The number of halogens is 2. The highest BCUT2D eigenvalue weighted by atomic mass is 35.5. The molecule has 3 rings (SSSR count). The van der Waals surface area contributed by atoms with Crippen LogP contribution in [0.3, 0.4) is 0 Å². The molecule has 0 aliphatic heterocycles. The molecule has 17 heavy (non-hydrogen) atoms. The number of carbonyl (C=O) groups excluding carboxylic acids is 2. The molecule has 0 heterocycles. The highest BCUT2D eigenvalue weighted by molar-refractivity contribution is 6.39. The number of carbonyl (C=O) groups is 2. The molecule has 0 bridgehead atoms. The van der Waals surface area contributed by atoms with Gasteiger partial charge in [-0.2, -0.15) is 0 Å². The van der Waals surface area contributed by atoms with Crippen LogP contribution in [0.2, 0.25) is 5.02 Å². The lowest BCUT2D eigenvalue weighted by Gasteiger charge is -2.18. The van der Waals surface area contributed by atoms with E-state index in [1.807, 2.05) is 0 Å². The van der Waals surface area contributed by atoms with E-state index in [-0.39, 0.29) is 11.1 Å². The summed E-state index contributed by atoms with van der Waals surface area (Å²) in [5.41, 5.74) is 0.458. The van der Waals surface area contributed by atoms with Crippen LogP contribution in [0.15, 0.2) is 30.3 Å².